The Hall–Kier alpha value is -1.46. The van der Waals surface area contributed by atoms with Gasteiger partial charge in [-0.3, -0.25) is 9.48 Å². The lowest BCUT2D eigenvalue weighted by atomic mass is 9.98. The maximum atomic E-state index is 12.7. The standard InChI is InChI=1S/C16H25F2N3O/c1-12(2)10-13-6-4-3-5-8-21(13)16(22)14-7-9-20(19-14)11-15(17)18/h7,9,12-13,15H,3-6,8,10-11H2,1-2H3/t13-/m1/s1. The number of halogens is 2. The second-order valence-electron chi connectivity index (χ2n) is 6.45. The van der Waals surface area contributed by atoms with Gasteiger partial charge >= 0.3 is 0 Å². The Morgan fingerprint density at radius 1 is 1.36 bits per heavy atom. The van der Waals surface area contributed by atoms with Crippen LogP contribution in [0.1, 0.15) is 56.4 Å². The molecule has 1 saturated heterocycles. The third-order valence-corrected chi connectivity index (χ3v) is 4.07. The quantitative estimate of drug-likeness (QED) is 0.833. The van der Waals surface area contributed by atoms with E-state index in [0.29, 0.717) is 5.92 Å². The fraction of sp³-hybridized carbons (Fsp3) is 0.750. The summed E-state index contributed by atoms with van der Waals surface area (Å²) in [6, 6.07) is 1.78. The van der Waals surface area contributed by atoms with Crippen LogP contribution in [0.25, 0.3) is 0 Å². The van der Waals surface area contributed by atoms with E-state index < -0.39 is 13.0 Å². The smallest absolute Gasteiger partial charge is 0.274 e. The maximum Gasteiger partial charge on any atom is 0.274 e. The molecule has 0 N–H and O–H groups in total. The Kier molecular flexibility index (Phi) is 5.91. The van der Waals surface area contributed by atoms with Crippen LogP contribution in [0.5, 0.6) is 0 Å². The van der Waals surface area contributed by atoms with Crippen molar-refractivity contribution in [3.8, 4) is 0 Å². The summed E-state index contributed by atoms with van der Waals surface area (Å²) in [4.78, 5) is 14.6. The van der Waals surface area contributed by atoms with Crippen molar-refractivity contribution in [2.45, 2.75) is 65.0 Å². The second kappa shape index (κ2) is 7.70. The fourth-order valence-electron chi connectivity index (χ4n) is 3.10. The van der Waals surface area contributed by atoms with Gasteiger partial charge in [0.05, 0.1) is 0 Å². The number of nitrogens with zero attached hydrogens (tertiary/aromatic N) is 3. The molecule has 2 rings (SSSR count). The third-order valence-electron chi connectivity index (χ3n) is 4.07. The van der Waals surface area contributed by atoms with Gasteiger partial charge in [0.1, 0.15) is 12.2 Å². The first-order chi connectivity index (χ1) is 10.5. The minimum Gasteiger partial charge on any atom is -0.334 e. The maximum absolute atomic E-state index is 12.7. The lowest BCUT2D eigenvalue weighted by molar-refractivity contribution is 0.0651. The molecule has 0 aromatic carbocycles. The van der Waals surface area contributed by atoms with Crippen molar-refractivity contribution in [2.75, 3.05) is 6.54 Å². The zero-order valence-electron chi connectivity index (χ0n) is 13.3. The number of carbonyl (C=O) groups is 1. The van der Waals surface area contributed by atoms with Gasteiger partial charge in [-0.15, -0.1) is 0 Å². The van der Waals surface area contributed by atoms with Gasteiger partial charge in [0, 0.05) is 18.8 Å². The Bertz CT molecular complexity index is 487. The minimum atomic E-state index is -2.46. The monoisotopic (exact) mass is 313 g/mol. The summed E-state index contributed by atoms with van der Waals surface area (Å²) in [5.41, 5.74) is 0.274. The number of aromatic nitrogens is 2. The molecule has 22 heavy (non-hydrogen) atoms. The van der Waals surface area contributed by atoms with Crippen LogP contribution in [0.15, 0.2) is 12.3 Å². The van der Waals surface area contributed by atoms with E-state index >= 15 is 0 Å². The van der Waals surface area contributed by atoms with Crippen molar-refractivity contribution < 1.29 is 13.6 Å². The van der Waals surface area contributed by atoms with E-state index in [1.807, 2.05) is 4.90 Å². The van der Waals surface area contributed by atoms with Crippen molar-refractivity contribution in [3.63, 3.8) is 0 Å². The van der Waals surface area contributed by atoms with Crippen molar-refractivity contribution in [1.29, 1.82) is 0 Å². The van der Waals surface area contributed by atoms with E-state index in [1.165, 1.54) is 6.20 Å². The largest absolute Gasteiger partial charge is 0.334 e. The molecule has 0 saturated carbocycles. The van der Waals surface area contributed by atoms with Gasteiger partial charge in [0.2, 0.25) is 0 Å². The van der Waals surface area contributed by atoms with E-state index in [2.05, 4.69) is 18.9 Å². The average Bonchev–Trinajstić information content (AvgIpc) is 2.76. The lowest BCUT2D eigenvalue weighted by Gasteiger charge is -2.30. The van der Waals surface area contributed by atoms with Crippen LogP contribution in [-0.4, -0.2) is 39.6 Å². The van der Waals surface area contributed by atoms with E-state index in [1.54, 1.807) is 6.07 Å². The molecule has 1 atom stereocenters. The van der Waals surface area contributed by atoms with Crippen molar-refractivity contribution in [1.82, 2.24) is 14.7 Å². The van der Waals surface area contributed by atoms with E-state index in [-0.39, 0.29) is 17.6 Å². The molecule has 0 aliphatic carbocycles. The predicted molar refractivity (Wildman–Crippen MR) is 81.0 cm³/mol. The van der Waals surface area contributed by atoms with E-state index in [0.717, 1.165) is 43.3 Å². The average molecular weight is 313 g/mol. The van der Waals surface area contributed by atoms with Gasteiger partial charge in [-0.25, -0.2) is 8.78 Å². The molecule has 1 aliphatic rings. The molecule has 1 amide bonds. The van der Waals surface area contributed by atoms with Gasteiger partial charge in [0.15, 0.2) is 0 Å². The molecular weight excluding hydrogens is 288 g/mol. The molecule has 0 unspecified atom stereocenters. The molecule has 2 heterocycles. The van der Waals surface area contributed by atoms with Gasteiger partial charge in [0.25, 0.3) is 12.3 Å². The Morgan fingerprint density at radius 2 is 2.14 bits per heavy atom. The summed E-state index contributed by atoms with van der Waals surface area (Å²) in [6.07, 6.45) is 4.26. The van der Waals surface area contributed by atoms with Crippen LogP contribution in [0.3, 0.4) is 0 Å². The highest BCUT2D eigenvalue weighted by atomic mass is 19.3. The summed E-state index contributed by atoms with van der Waals surface area (Å²) in [6.45, 7) is 4.58. The van der Waals surface area contributed by atoms with Crippen molar-refractivity contribution in [2.24, 2.45) is 5.92 Å². The number of alkyl halides is 2. The molecule has 0 radical (unpaired) electrons. The van der Waals surface area contributed by atoms with Gasteiger partial charge in [-0.1, -0.05) is 26.7 Å². The molecular formula is C16H25F2N3O. The predicted octanol–water partition coefficient (Wildman–Crippen LogP) is 3.58. The van der Waals surface area contributed by atoms with Crippen LogP contribution in [0.2, 0.25) is 0 Å². The van der Waals surface area contributed by atoms with Gasteiger partial charge < -0.3 is 4.90 Å². The highest BCUT2D eigenvalue weighted by Gasteiger charge is 2.28. The first-order valence-electron chi connectivity index (χ1n) is 8.10. The number of amides is 1. The summed E-state index contributed by atoms with van der Waals surface area (Å²) in [7, 11) is 0. The third kappa shape index (κ3) is 4.52. The Labute approximate surface area is 130 Å². The van der Waals surface area contributed by atoms with E-state index in [9.17, 15) is 13.6 Å². The van der Waals surface area contributed by atoms with Gasteiger partial charge in [-0.05, 0) is 31.2 Å². The molecule has 1 aromatic rings. The van der Waals surface area contributed by atoms with Crippen molar-refractivity contribution >= 4 is 5.91 Å². The summed E-state index contributed by atoms with van der Waals surface area (Å²) < 4.78 is 25.9. The molecule has 1 fully saturated rings. The van der Waals surface area contributed by atoms with Crippen LogP contribution in [-0.2, 0) is 6.54 Å². The molecule has 4 nitrogen and oxygen atoms in total. The van der Waals surface area contributed by atoms with Crippen LogP contribution < -0.4 is 0 Å². The number of hydrogen-bond donors (Lipinski definition) is 0. The molecule has 0 spiro atoms. The van der Waals surface area contributed by atoms with Crippen LogP contribution >= 0.6 is 0 Å². The van der Waals surface area contributed by atoms with Crippen LogP contribution in [0.4, 0.5) is 8.78 Å². The molecule has 1 aromatic heterocycles. The number of likely N-dealkylation sites (tertiary alicyclic amines) is 1. The fourth-order valence-corrected chi connectivity index (χ4v) is 3.10. The molecule has 124 valence electrons. The first-order valence-corrected chi connectivity index (χ1v) is 8.10. The molecule has 6 heteroatoms. The Morgan fingerprint density at radius 3 is 2.82 bits per heavy atom. The highest BCUT2D eigenvalue weighted by molar-refractivity contribution is 5.92. The van der Waals surface area contributed by atoms with E-state index in [4.69, 9.17) is 0 Å². The number of hydrogen-bond acceptors (Lipinski definition) is 2. The highest BCUT2D eigenvalue weighted by Crippen LogP contribution is 2.23. The Balaban J connectivity index is 2.11. The molecule has 1 aliphatic heterocycles. The first kappa shape index (κ1) is 16.9. The summed E-state index contributed by atoms with van der Waals surface area (Å²) in [5.74, 6) is 0.398. The minimum absolute atomic E-state index is 0.124. The number of carbonyl (C=O) groups excluding carboxylic acids is 1. The number of rotatable bonds is 5. The SMILES string of the molecule is CC(C)C[C@H]1CCCCCN1C(=O)c1ccn(CC(F)F)n1. The lowest BCUT2D eigenvalue weighted by Crippen LogP contribution is -2.41. The zero-order valence-corrected chi connectivity index (χ0v) is 13.3. The second-order valence-corrected chi connectivity index (χ2v) is 6.45. The van der Waals surface area contributed by atoms with Crippen LogP contribution in [0, 0.1) is 5.92 Å². The normalized spacial score (nSPS) is 19.7. The van der Waals surface area contributed by atoms with Crippen molar-refractivity contribution in [3.05, 3.63) is 18.0 Å². The summed E-state index contributed by atoms with van der Waals surface area (Å²) in [5, 5.41) is 4.02. The molecule has 0 bridgehead atoms. The summed E-state index contributed by atoms with van der Waals surface area (Å²) >= 11 is 0. The topological polar surface area (TPSA) is 38.1 Å². The zero-order chi connectivity index (χ0) is 16.1. The van der Waals surface area contributed by atoms with Gasteiger partial charge in [-0.2, -0.15) is 5.10 Å².